The Morgan fingerprint density at radius 1 is 0.607 bits per heavy atom. The first-order chi connectivity index (χ1) is 13.5. The minimum atomic E-state index is 1.07. The Morgan fingerprint density at radius 3 is 1.32 bits per heavy atom. The van der Waals surface area contributed by atoms with Gasteiger partial charge < -0.3 is 0 Å². The van der Waals surface area contributed by atoms with Gasteiger partial charge in [0.05, 0.1) is 11.4 Å². The Labute approximate surface area is 174 Å². The van der Waals surface area contributed by atoms with E-state index in [1.165, 1.54) is 32.0 Å². The van der Waals surface area contributed by atoms with Gasteiger partial charge in [-0.3, -0.25) is 0 Å². The molecule has 2 aromatic carbocycles. The predicted octanol–water partition coefficient (Wildman–Crippen LogP) is 7.50. The highest BCUT2D eigenvalue weighted by atomic mass is 32.1. The van der Waals surface area contributed by atoms with Crippen molar-refractivity contribution in [3.05, 3.63) is 81.8 Å². The molecule has 28 heavy (non-hydrogen) atoms. The van der Waals surface area contributed by atoms with E-state index in [1.54, 1.807) is 22.7 Å². The molecule has 0 spiro atoms. The van der Waals surface area contributed by atoms with Crippen LogP contribution in [0.4, 0.5) is 0 Å². The van der Waals surface area contributed by atoms with Crippen molar-refractivity contribution in [2.45, 2.75) is 27.7 Å². The van der Waals surface area contributed by atoms with Gasteiger partial charge in [0.1, 0.15) is 10.0 Å². The lowest BCUT2D eigenvalue weighted by Crippen LogP contribution is -1.91. The molecule has 0 fully saturated rings. The van der Waals surface area contributed by atoms with Crippen molar-refractivity contribution in [1.82, 2.24) is 9.97 Å². The number of hydrogen-bond donors (Lipinski definition) is 0. The van der Waals surface area contributed by atoms with Gasteiger partial charge >= 0.3 is 0 Å². The molecule has 0 N–H and O–H groups in total. The number of hydrogen-bond acceptors (Lipinski definition) is 4. The summed E-state index contributed by atoms with van der Waals surface area (Å²) in [6, 6.07) is 20.8. The molecule has 0 saturated heterocycles. The minimum Gasteiger partial charge on any atom is -0.236 e. The fourth-order valence-corrected chi connectivity index (χ4v) is 5.20. The van der Waals surface area contributed by atoms with Gasteiger partial charge in [-0.2, -0.15) is 0 Å². The average molecular weight is 403 g/mol. The maximum absolute atomic E-state index is 4.96. The Hall–Kier alpha value is -2.56. The van der Waals surface area contributed by atoms with E-state index in [2.05, 4.69) is 76.2 Å². The molecule has 2 aromatic heterocycles. The lowest BCUT2D eigenvalue weighted by Gasteiger charge is -2.05. The quantitative estimate of drug-likeness (QED) is 0.353. The van der Waals surface area contributed by atoms with E-state index in [1.807, 2.05) is 12.1 Å². The lowest BCUT2D eigenvalue weighted by atomic mass is 10.0. The average Bonchev–Trinajstić information content (AvgIpc) is 3.31. The van der Waals surface area contributed by atoms with E-state index in [4.69, 9.17) is 9.97 Å². The van der Waals surface area contributed by atoms with Gasteiger partial charge in [-0.25, -0.2) is 9.97 Å². The van der Waals surface area contributed by atoms with Gasteiger partial charge in [-0.15, -0.1) is 22.7 Å². The third-order valence-electron chi connectivity index (χ3n) is 4.91. The molecule has 4 rings (SSSR count). The zero-order valence-corrected chi connectivity index (χ0v) is 18.1. The summed E-state index contributed by atoms with van der Waals surface area (Å²) in [5.41, 5.74) is 6.89. The van der Waals surface area contributed by atoms with E-state index in [0.29, 0.717) is 0 Å². The Morgan fingerprint density at radius 2 is 0.964 bits per heavy atom. The molecule has 0 saturated carbocycles. The van der Waals surface area contributed by atoms with Crippen molar-refractivity contribution < 1.29 is 0 Å². The number of allylic oxidation sites excluding steroid dienone is 2. The minimum absolute atomic E-state index is 1.07. The first kappa shape index (κ1) is 18.8. The summed E-state index contributed by atoms with van der Waals surface area (Å²) >= 11 is 3.50. The molecule has 140 valence electrons. The zero-order chi connectivity index (χ0) is 19.7. The number of aryl methyl sites for hydroxylation is 2. The normalized spacial score (nSPS) is 12.1. The highest BCUT2D eigenvalue weighted by molar-refractivity contribution is 7.15. The highest BCUT2D eigenvalue weighted by Gasteiger charge is 2.17. The Balaban J connectivity index is 1.74. The maximum atomic E-state index is 4.96. The molecule has 0 aliphatic heterocycles. The van der Waals surface area contributed by atoms with Gasteiger partial charge in [-0.1, -0.05) is 60.7 Å². The summed E-state index contributed by atoms with van der Waals surface area (Å²) in [5, 5.41) is 2.14. The van der Waals surface area contributed by atoms with Crippen LogP contribution < -0.4 is 0 Å². The second-order valence-electron chi connectivity index (χ2n) is 6.83. The van der Waals surface area contributed by atoms with E-state index in [0.717, 1.165) is 21.4 Å². The van der Waals surface area contributed by atoms with Gasteiger partial charge in [0.15, 0.2) is 0 Å². The van der Waals surface area contributed by atoms with Crippen molar-refractivity contribution >= 4 is 33.8 Å². The third kappa shape index (κ3) is 3.58. The molecular weight excluding hydrogens is 380 g/mol. The van der Waals surface area contributed by atoms with Crippen LogP contribution >= 0.6 is 22.7 Å². The van der Waals surface area contributed by atoms with Crippen molar-refractivity contribution in [2.24, 2.45) is 0 Å². The summed E-state index contributed by atoms with van der Waals surface area (Å²) in [6.45, 7) is 8.62. The molecule has 0 aliphatic carbocycles. The molecule has 0 bridgehead atoms. The second-order valence-corrected chi connectivity index (χ2v) is 9.24. The Bertz CT molecular complexity index is 1040. The van der Waals surface area contributed by atoms with E-state index < -0.39 is 0 Å². The first-order valence-corrected chi connectivity index (χ1v) is 10.9. The fourth-order valence-electron chi connectivity index (χ4n) is 3.25. The zero-order valence-electron chi connectivity index (χ0n) is 16.5. The van der Waals surface area contributed by atoms with Crippen LogP contribution in [0.3, 0.4) is 0 Å². The maximum Gasteiger partial charge on any atom is 0.124 e. The van der Waals surface area contributed by atoms with Crippen LogP contribution in [-0.2, 0) is 0 Å². The summed E-state index contributed by atoms with van der Waals surface area (Å²) in [5.74, 6) is 0. The molecule has 0 unspecified atom stereocenters. The molecule has 0 atom stereocenters. The molecule has 2 nitrogen and oxygen atoms in total. The van der Waals surface area contributed by atoms with Crippen molar-refractivity contribution in [1.29, 1.82) is 0 Å². The monoisotopic (exact) mass is 402 g/mol. The van der Waals surface area contributed by atoms with Crippen molar-refractivity contribution in [3.63, 3.8) is 0 Å². The predicted molar refractivity (Wildman–Crippen MR) is 123 cm³/mol. The lowest BCUT2D eigenvalue weighted by molar-refractivity contribution is 1.27. The Kier molecular flexibility index (Phi) is 5.25. The van der Waals surface area contributed by atoms with Crippen LogP contribution in [-0.4, -0.2) is 9.97 Å². The van der Waals surface area contributed by atoms with Crippen LogP contribution in [0.15, 0.2) is 60.7 Å². The van der Waals surface area contributed by atoms with Crippen LogP contribution in [0.1, 0.15) is 35.0 Å². The van der Waals surface area contributed by atoms with E-state index in [-0.39, 0.29) is 0 Å². The smallest absolute Gasteiger partial charge is 0.124 e. The highest BCUT2D eigenvalue weighted by Crippen LogP contribution is 2.37. The number of nitrogens with zero attached hydrogens (tertiary/aromatic N) is 2. The summed E-state index contributed by atoms with van der Waals surface area (Å²) in [4.78, 5) is 12.4. The van der Waals surface area contributed by atoms with Crippen LogP contribution in [0, 0.1) is 13.8 Å². The van der Waals surface area contributed by atoms with Crippen molar-refractivity contribution in [2.75, 3.05) is 0 Å². The second kappa shape index (κ2) is 7.82. The number of thiazole rings is 2. The SMILES string of the molecule is C/C(=C(/C)c1nc(-c2ccccc2)sc1C)c1nc(-c2ccccc2)sc1C. The van der Waals surface area contributed by atoms with E-state index in [9.17, 15) is 0 Å². The molecular formula is C24H22N2S2. The van der Waals surface area contributed by atoms with Gasteiger partial charge in [0.25, 0.3) is 0 Å². The standard InChI is InChI=1S/C24H22N2S2/c1-15(21-17(3)27-23(25-21)19-11-7-5-8-12-19)16(2)22-18(4)28-24(26-22)20-13-9-6-10-14-20/h5-14H,1-4H3/b16-15+. The molecule has 4 aromatic rings. The largest absolute Gasteiger partial charge is 0.236 e. The fraction of sp³-hybridized carbons (Fsp3) is 0.167. The van der Waals surface area contributed by atoms with Gasteiger partial charge in [0, 0.05) is 20.9 Å². The molecule has 0 radical (unpaired) electrons. The van der Waals surface area contributed by atoms with Gasteiger partial charge in [-0.05, 0) is 38.8 Å². The number of benzene rings is 2. The number of aromatic nitrogens is 2. The summed E-state index contributed by atoms with van der Waals surface area (Å²) < 4.78 is 0. The molecule has 2 heterocycles. The van der Waals surface area contributed by atoms with Crippen LogP contribution in [0.5, 0.6) is 0 Å². The van der Waals surface area contributed by atoms with Crippen LogP contribution in [0.2, 0.25) is 0 Å². The van der Waals surface area contributed by atoms with Crippen LogP contribution in [0.25, 0.3) is 32.3 Å². The summed E-state index contributed by atoms with van der Waals surface area (Å²) in [6.07, 6.45) is 0. The van der Waals surface area contributed by atoms with Gasteiger partial charge in [0.2, 0.25) is 0 Å². The van der Waals surface area contributed by atoms with Crippen molar-refractivity contribution in [3.8, 4) is 21.1 Å². The summed E-state index contributed by atoms with van der Waals surface area (Å²) in [7, 11) is 0. The molecule has 0 amide bonds. The molecule has 4 heteroatoms. The topological polar surface area (TPSA) is 25.8 Å². The first-order valence-electron chi connectivity index (χ1n) is 9.28. The van der Waals surface area contributed by atoms with E-state index >= 15 is 0 Å². The third-order valence-corrected chi connectivity index (χ3v) is 6.95. The number of rotatable bonds is 4. The molecule has 0 aliphatic rings.